The number of nitrogens with zero attached hydrogens (tertiary/aromatic N) is 1. The van der Waals surface area contributed by atoms with Gasteiger partial charge in [-0.1, -0.05) is 27.7 Å². The SMILES string of the molecule is CC(C)CCN(CCC(C)C)S(=O)(=O)c1ccsc1CO. The van der Waals surface area contributed by atoms with Crippen LogP contribution in [0.4, 0.5) is 0 Å². The zero-order valence-corrected chi connectivity index (χ0v) is 15.0. The predicted octanol–water partition coefficient (Wildman–Crippen LogP) is 3.32. The first-order chi connectivity index (χ1) is 9.78. The highest BCUT2D eigenvalue weighted by Gasteiger charge is 2.27. The number of thiophene rings is 1. The molecule has 0 saturated carbocycles. The molecular weight excluding hydrogens is 306 g/mol. The van der Waals surface area contributed by atoms with E-state index in [0.29, 0.717) is 29.8 Å². The maximum Gasteiger partial charge on any atom is 0.244 e. The summed E-state index contributed by atoms with van der Waals surface area (Å²) in [5.41, 5.74) is 0. The molecule has 122 valence electrons. The van der Waals surface area contributed by atoms with Crippen LogP contribution in [0.3, 0.4) is 0 Å². The van der Waals surface area contributed by atoms with Crippen molar-refractivity contribution in [2.75, 3.05) is 13.1 Å². The van der Waals surface area contributed by atoms with Gasteiger partial charge in [0.05, 0.1) is 11.5 Å². The van der Waals surface area contributed by atoms with Crippen LogP contribution < -0.4 is 0 Å². The molecule has 0 fully saturated rings. The first-order valence-corrected chi connectivity index (χ1v) is 9.78. The fourth-order valence-electron chi connectivity index (χ4n) is 1.97. The minimum absolute atomic E-state index is 0.228. The molecule has 0 unspecified atom stereocenters. The Morgan fingerprint density at radius 1 is 1.14 bits per heavy atom. The van der Waals surface area contributed by atoms with Crippen LogP contribution in [0.2, 0.25) is 0 Å². The number of rotatable bonds is 9. The fraction of sp³-hybridized carbons (Fsp3) is 0.733. The third-order valence-corrected chi connectivity index (χ3v) is 6.40. The van der Waals surface area contributed by atoms with Gasteiger partial charge in [0, 0.05) is 18.0 Å². The number of hydrogen-bond acceptors (Lipinski definition) is 4. The zero-order valence-electron chi connectivity index (χ0n) is 13.4. The van der Waals surface area contributed by atoms with Gasteiger partial charge in [-0.15, -0.1) is 11.3 Å². The zero-order chi connectivity index (χ0) is 16.0. The van der Waals surface area contributed by atoms with Gasteiger partial charge in [0.15, 0.2) is 0 Å². The topological polar surface area (TPSA) is 57.6 Å². The van der Waals surface area contributed by atoms with Gasteiger partial charge in [0.25, 0.3) is 0 Å². The van der Waals surface area contributed by atoms with Gasteiger partial charge in [-0.05, 0) is 36.1 Å². The second kappa shape index (κ2) is 8.27. The van der Waals surface area contributed by atoms with Gasteiger partial charge in [-0.2, -0.15) is 4.31 Å². The van der Waals surface area contributed by atoms with Crippen LogP contribution in [0.15, 0.2) is 16.3 Å². The van der Waals surface area contributed by atoms with E-state index in [9.17, 15) is 13.5 Å². The molecular formula is C15H27NO3S2. The molecule has 0 spiro atoms. The summed E-state index contributed by atoms with van der Waals surface area (Å²) in [6, 6.07) is 1.60. The Morgan fingerprint density at radius 2 is 1.67 bits per heavy atom. The van der Waals surface area contributed by atoms with Crippen molar-refractivity contribution >= 4 is 21.4 Å². The number of aliphatic hydroxyl groups excluding tert-OH is 1. The summed E-state index contributed by atoms with van der Waals surface area (Å²) in [6.07, 6.45) is 1.69. The molecule has 0 radical (unpaired) electrons. The molecule has 0 aliphatic carbocycles. The van der Waals surface area contributed by atoms with Crippen LogP contribution in [-0.2, 0) is 16.6 Å². The molecule has 1 N–H and O–H groups in total. The molecule has 1 rings (SSSR count). The summed E-state index contributed by atoms with van der Waals surface area (Å²) in [6.45, 7) is 9.22. The van der Waals surface area contributed by atoms with Crippen molar-refractivity contribution in [3.05, 3.63) is 16.3 Å². The molecule has 0 bridgehead atoms. The van der Waals surface area contributed by atoms with Crippen LogP contribution in [0, 0.1) is 11.8 Å². The Kier molecular flexibility index (Phi) is 7.33. The van der Waals surface area contributed by atoms with E-state index < -0.39 is 10.0 Å². The normalized spacial score (nSPS) is 12.8. The first-order valence-electron chi connectivity index (χ1n) is 7.46. The van der Waals surface area contributed by atoms with Crippen LogP contribution >= 0.6 is 11.3 Å². The van der Waals surface area contributed by atoms with Gasteiger partial charge in [0.1, 0.15) is 0 Å². The maximum atomic E-state index is 12.8. The lowest BCUT2D eigenvalue weighted by Gasteiger charge is -2.24. The molecule has 0 aromatic carbocycles. The molecule has 0 amide bonds. The first kappa shape index (κ1) is 18.6. The Balaban J connectivity index is 2.98. The van der Waals surface area contributed by atoms with E-state index in [1.807, 2.05) is 0 Å². The highest BCUT2D eigenvalue weighted by molar-refractivity contribution is 7.89. The lowest BCUT2D eigenvalue weighted by molar-refractivity contribution is 0.282. The molecule has 1 heterocycles. The van der Waals surface area contributed by atoms with Gasteiger partial charge in [-0.25, -0.2) is 8.42 Å². The smallest absolute Gasteiger partial charge is 0.244 e. The van der Waals surface area contributed by atoms with Gasteiger partial charge >= 0.3 is 0 Å². The molecule has 6 heteroatoms. The Hall–Kier alpha value is -0.430. The average molecular weight is 334 g/mol. The minimum Gasteiger partial charge on any atom is -0.391 e. The van der Waals surface area contributed by atoms with E-state index in [-0.39, 0.29) is 11.5 Å². The second-order valence-corrected chi connectivity index (χ2v) is 9.04. The molecule has 1 aromatic rings. The van der Waals surface area contributed by atoms with Crippen molar-refractivity contribution in [3.8, 4) is 0 Å². The molecule has 1 aromatic heterocycles. The van der Waals surface area contributed by atoms with Crippen molar-refractivity contribution < 1.29 is 13.5 Å². The summed E-state index contributed by atoms with van der Waals surface area (Å²) in [4.78, 5) is 0.789. The minimum atomic E-state index is -3.51. The van der Waals surface area contributed by atoms with Gasteiger partial charge in [-0.3, -0.25) is 0 Å². The largest absolute Gasteiger partial charge is 0.391 e. The highest BCUT2D eigenvalue weighted by atomic mass is 32.2. The summed E-state index contributed by atoms with van der Waals surface area (Å²) >= 11 is 1.29. The lowest BCUT2D eigenvalue weighted by Crippen LogP contribution is -2.34. The summed E-state index contributed by atoms with van der Waals surface area (Å²) in [7, 11) is -3.51. The van der Waals surface area contributed by atoms with Gasteiger partial charge in [0.2, 0.25) is 10.0 Å². The van der Waals surface area contributed by atoms with Crippen LogP contribution in [0.5, 0.6) is 0 Å². The summed E-state index contributed by atoms with van der Waals surface area (Å²) in [5, 5.41) is 11.0. The third-order valence-electron chi connectivity index (χ3n) is 3.38. The predicted molar refractivity (Wildman–Crippen MR) is 87.9 cm³/mol. The maximum absolute atomic E-state index is 12.8. The van der Waals surface area contributed by atoms with E-state index in [2.05, 4.69) is 27.7 Å². The average Bonchev–Trinajstić information content (AvgIpc) is 2.86. The number of hydrogen-bond donors (Lipinski definition) is 1. The quantitative estimate of drug-likeness (QED) is 0.754. The molecule has 0 saturated heterocycles. The lowest BCUT2D eigenvalue weighted by atomic mass is 10.1. The number of aliphatic hydroxyl groups is 1. The molecule has 4 nitrogen and oxygen atoms in total. The van der Waals surface area contributed by atoms with E-state index in [4.69, 9.17) is 0 Å². The van der Waals surface area contributed by atoms with Crippen LogP contribution in [0.25, 0.3) is 0 Å². The third kappa shape index (κ3) is 5.36. The van der Waals surface area contributed by atoms with Crippen LogP contribution in [-0.4, -0.2) is 30.9 Å². The van der Waals surface area contributed by atoms with Crippen molar-refractivity contribution in [1.29, 1.82) is 0 Å². The van der Waals surface area contributed by atoms with E-state index in [0.717, 1.165) is 12.8 Å². The monoisotopic (exact) mass is 333 g/mol. The Labute approximate surface area is 132 Å². The summed E-state index contributed by atoms with van der Waals surface area (Å²) in [5.74, 6) is 0.920. The highest BCUT2D eigenvalue weighted by Crippen LogP contribution is 2.26. The van der Waals surface area contributed by atoms with E-state index >= 15 is 0 Å². The summed E-state index contributed by atoms with van der Waals surface area (Å²) < 4.78 is 27.2. The molecule has 0 aliphatic heterocycles. The van der Waals surface area contributed by atoms with E-state index in [1.165, 1.54) is 11.3 Å². The van der Waals surface area contributed by atoms with Crippen molar-refractivity contribution in [2.45, 2.75) is 52.0 Å². The standard InChI is InChI=1S/C15H27NO3S2/c1-12(2)5-8-16(9-6-13(3)4)21(18,19)15-7-10-20-14(15)11-17/h7,10,12-13,17H,5-6,8-9,11H2,1-4H3. The van der Waals surface area contributed by atoms with Crippen LogP contribution in [0.1, 0.15) is 45.4 Å². The molecule has 21 heavy (non-hydrogen) atoms. The molecule has 0 atom stereocenters. The van der Waals surface area contributed by atoms with Gasteiger partial charge < -0.3 is 5.11 Å². The molecule has 0 aliphatic rings. The number of sulfonamides is 1. The van der Waals surface area contributed by atoms with Crippen molar-refractivity contribution in [2.24, 2.45) is 11.8 Å². The second-order valence-electron chi connectivity index (χ2n) is 6.14. The Bertz CT molecular complexity index is 509. The van der Waals surface area contributed by atoms with Crippen molar-refractivity contribution in [3.63, 3.8) is 0 Å². The van der Waals surface area contributed by atoms with E-state index in [1.54, 1.807) is 15.8 Å². The van der Waals surface area contributed by atoms with Crippen molar-refractivity contribution in [1.82, 2.24) is 4.31 Å². The fourth-order valence-corrected chi connectivity index (χ4v) is 4.71. The Morgan fingerprint density at radius 3 is 2.10 bits per heavy atom.